The molecular weight excluding hydrogens is 466 g/mol. The molecule has 0 aliphatic rings. The van der Waals surface area contributed by atoms with Gasteiger partial charge in [-0.05, 0) is 40.6 Å². The Bertz CT molecular complexity index is 1720. The van der Waals surface area contributed by atoms with Crippen LogP contribution >= 0.6 is 11.3 Å². The number of allylic oxidation sites excluding steroid dienone is 1. The van der Waals surface area contributed by atoms with E-state index in [0.717, 1.165) is 61.3 Å². The van der Waals surface area contributed by atoms with E-state index in [4.69, 9.17) is 0 Å². The Balaban J connectivity index is 1.40. The van der Waals surface area contributed by atoms with Crippen LogP contribution in [0.15, 0.2) is 78.3 Å². The minimum atomic E-state index is -0.0550. The fraction of sp³-hybridized carbons (Fsp3) is 0.143. The standard InChI is InChI=1S/C28H25N7S/c1-16(28(2,3)4)32-20-7-18(10-29-12-20)19-8-22-26(34-35-27(22)31-11-19)24-9-21-23(17-5-6-36-15-17)13-30-14-25(21)33-24/h5-15,32-33H,1H2,2-4H3,(H,31,34,35). The molecule has 0 saturated carbocycles. The first kappa shape index (κ1) is 22.2. The molecule has 0 saturated heterocycles. The number of nitrogens with zero attached hydrogens (tertiary/aromatic N) is 4. The first-order chi connectivity index (χ1) is 17.4. The number of hydrogen-bond acceptors (Lipinski definition) is 6. The lowest BCUT2D eigenvalue weighted by atomic mass is 9.93. The molecule has 0 radical (unpaired) electrons. The van der Waals surface area contributed by atoms with Crippen molar-refractivity contribution < 1.29 is 0 Å². The number of hydrogen-bond donors (Lipinski definition) is 3. The Labute approximate surface area is 212 Å². The highest BCUT2D eigenvalue weighted by molar-refractivity contribution is 7.08. The fourth-order valence-corrected chi connectivity index (χ4v) is 4.78. The van der Waals surface area contributed by atoms with Crippen molar-refractivity contribution in [2.75, 3.05) is 5.32 Å². The van der Waals surface area contributed by atoms with E-state index in [2.05, 4.69) is 97.8 Å². The van der Waals surface area contributed by atoms with Crippen molar-refractivity contribution in [2.24, 2.45) is 5.41 Å². The van der Waals surface area contributed by atoms with Gasteiger partial charge in [-0.25, -0.2) is 4.98 Å². The summed E-state index contributed by atoms with van der Waals surface area (Å²) < 4.78 is 0. The van der Waals surface area contributed by atoms with Crippen LogP contribution in [0, 0.1) is 5.41 Å². The highest BCUT2D eigenvalue weighted by Gasteiger charge is 2.17. The summed E-state index contributed by atoms with van der Waals surface area (Å²) in [6, 6.07) is 8.43. The van der Waals surface area contributed by atoms with Crippen LogP contribution in [0.5, 0.6) is 0 Å². The van der Waals surface area contributed by atoms with Gasteiger partial charge in [0.15, 0.2) is 5.65 Å². The first-order valence-corrected chi connectivity index (χ1v) is 12.6. The monoisotopic (exact) mass is 491 g/mol. The van der Waals surface area contributed by atoms with E-state index in [1.54, 1.807) is 17.5 Å². The molecule has 6 aromatic heterocycles. The quantitative estimate of drug-likeness (QED) is 0.236. The van der Waals surface area contributed by atoms with Crippen LogP contribution in [0.1, 0.15) is 20.8 Å². The van der Waals surface area contributed by atoms with E-state index >= 15 is 0 Å². The second-order valence-corrected chi connectivity index (χ2v) is 10.6. The number of aromatic amines is 2. The number of H-pyrrole nitrogens is 2. The van der Waals surface area contributed by atoms with Crippen molar-refractivity contribution in [1.29, 1.82) is 0 Å². The van der Waals surface area contributed by atoms with E-state index in [0.29, 0.717) is 5.65 Å². The topological polar surface area (TPSA) is 95.2 Å². The van der Waals surface area contributed by atoms with E-state index in [9.17, 15) is 0 Å². The lowest BCUT2D eigenvalue weighted by molar-refractivity contribution is 0.509. The highest BCUT2D eigenvalue weighted by Crippen LogP contribution is 2.35. The zero-order valence-electron chi connectivity index (χ0n) is 20.3. The number of aromatic nitrogens is 6. The Morgan fingerprint density at radius 2 is 1.78 bits per heavy atom. The smallest absolute Gasteiger partial charge is 0.181 e. The summed E-state index contributed by atoms with van der Waals surface area (Å²) in [5.41, 5.74) is 9.41. The molecule has 3 N–H and O–H groups in total. The van der Waals surface area contributed by atoms with Gasteiger partial charge in [0.1, 0.15) is 0 Å². The largest absolute Gasteiger partial charge is 0.358 e. The Hall–Kier alpha value is -4.30. The molecule has 0 amide bonds. The van der Waals surface area contributed by atoms with Crippen molar-refractivity contribution in [3.8, 4) is 33.6 Å². The van der Waals surface area contributed by atoms with Crippen molar-refractivity contribution >= 4 is 39.0 Å². The first-order valence-electron chi connectivity index (χ1n) is 11.6. The number of pyridine rings is 3. The Morgan fingerprint density at radius 1 is 0.944 bits per heavy atom. The summed E-state index contributed by atoms with van der Waals surface area (Å²) in [5.74, 6) is 0. The maximum atomic E-state index is 4.61. The van der Waals surface area contributed by atoms with Crippen LogP contribution in [-0.4, -0.2) is 30.1 Å². The van der Waals surface area contributed by atoms with Gasteiger partial charge in [-0.2, -0.15) is 16.4 Å². The fourth-order valence-electron chi connectivity index (χ4n) is 4.12. The summed E-state index contributed by atoms with van der Waals surface area (Å²) in [5, 5.41) is 17.3. The molecule has 0 aliphatic heterocycles. The van der Waals surface area contributed by atoms with Crippen LogP contribution in [-0.2, 0) is 0 Å². The molecule has 8 heteroatoms. The third-order valence-corrected chi connectivity index (χ3v) is 7.01. The molecule has 6 rings (SSSR count). The predicted octanol–water partition coefficient (Wildman–Crippen LogP) is 7.26. The third kappa shape index (κ3) is 3.95. The minimum Gasteiger partial charge on any atom is -0.358 e. The van der Waals surface area contributed by atoms with Crippen molar-refractivity contribution in [3.05, 3.63) is 78.3 Å². The average Bonchev–Trinajstić information content (AvgIpc) is 3.62. The summed E-state index contributed by atoms with van der Waals surface area (Å²) >= 11 is 1.68. The molecule has 0 atom stereocenters. The molecule has 0 fully saturated rings. The average molecular weight is 492 g/mol. The van der Waals surface area contributed by atoms with Crippen LogP contribution in [0.3, 0.4) is 0 Å². The van der Waals surface area contributed by atoms with Crippen molar-refractivity contribution in [2.45, 2.75) is 20.8 Å². The molecule has 0 aliphatic carbocycles. The van der Waals surface area contributed by atoms with Gasteiger partial charge in [0.05, 0.1) is 35.0 Å². The lowest BCUT2D eigenvalue weighted by Gasteiger charge is -2.23. The van der Waals surface area contributed by atoms with Crippen LogP contribution in [0.2, 0.25) is 0 Å². The molecule has 6 heterocycles. The van der Waals surface area contributed by atoms with Gasteiger partial charge in [-0.1, -0.05) is 27.4 Å². The van der Waals surface area contributed by atoms with Crippen LogP contribution in [0.4, 0.5) is 5.69 Å². The number of rotatable bonds is 5. The van der Waals surface area contributed by atoms with E-state index < -0.39 is 0 Å². The SMILES string of the molecule is C=C(Nc1cncc(-c2cnc3n[nH]c(-c4cc5c(-c6ccsc6)cncc5[nH]4)c3c2)c1)C(C)(C)C. The number of nitrogens with one attached hydrogen (secondary N) is 3. The Kier molecular flexibility index (Phi) is 5.19. The van der Waals surface area contributed by atoms with Gasteiger partial charge in [0, 0.05) is 57.2 Å². The van der Waals surface area contributed by atoms with E-state index in [1.807, 2.05) is 24.8 Å². The van der Waals surface area contributed by atoms with Gasteiger partial charge >= 0.3 is 0 Å². The number of anilines is 1. The van der Waals surface area contributed by atoms with Gasteiger partial charge in [0.25, 0.3) is 0 Å². The summed E-state index contributed by atoms with van der Waals surface area (Å²) in [4.78, 5) is 17.0. The number of thiophene rings is 1. The Morgan fingerprint density at radius 3 is 2.58 bits per heavy atom. The van der Waals surface area contributed by atoms with Gasteiger partial charge in [0.2, 0.25) is 0 Å². The predicted molar refractivity (Wildman–Crippen MR) is 148 cm³/mol. The van der Waals surface area contributed by atoms with Gasteiger partial charge in [-0.3, -0.25) is 15.1 Å². The second-order valence-electron chi connectivity index (χ2n) is 9.85. The van der Waals surface area contributed by atoms with Crippen LogP contribution < -0.4 is 5.32 Å². The molecule has 7 nitrogen and oxygen atoms in total. The van der Waals surface area contributed by atoms with E-state index in [-0.39, 0.29) is 5.41 Å². The maximum Gasteiger partial charge on any atom is 0.181 e. The summed E-state index contributed by atoms with van der Waals surface area (Å²) in [7, 11) is 0. The zero-order chi connectivity index (χ0) is 24.9. The molecule has 0 bridgehead atoms. The normalized spacial score (nSPS) is 11.9. The molecule has 0 unspecified atom stereocenters. The van der Waals surface area contributed by atoms with Crippen molar-refractivity contribution in [3.63, 3.8) is 0 Å². The minimum absolute atomic E-state index is 0.0550. The van der Waals surface area contributed by atoms with Crippen LogP contribution in [0.25, 0.3) is 55.6 Å². The van der Waals surface area contributed by atoms with E-state index in [1.165, 1.54) is 0 Å². The molecule has 0 spiro atoms. The molecule has 6 aromatic rings. The lowest BCUT2D eigenvalue weighted by Crippen LogP contribution is -2.15. The summed E-state index contributed by atoms with van der Waals surface area (Å²) in [6.45, 7) is 10.6. The van der Waals surface area contributed by atoms with Crippen molar-refractivity contribution in [1.82, 2.24) is 30.1 Å². The zero-order valence-corrected chi connectivity index (χ0v) is 21.1. The van der Waals surface area contributed by atoms with Gasteiger partial charge in [-0.15, -0.1) is 0 Å². The molecule has 0 aromatic carbocycles. The summed E-state index contributed by atoms with van der Waals surface area (Å²) in [6.07, 6.45) is 9.24. The second kappa shape index (κ2) is 8.42. The van der Waals surface area contributed by atoms with Gasteiger partial charge < -0.3 is 10.3 Å². The highest BCUT2D eigenvalue weighted by atomic mass is 32.1. The third-order valence-electron chi connectivity index (χ3n) is 6.33. The number of fused-ring (bicyclic) bond motifs is 2. The maximum absolute atomic E-state index is 4.61. The molecule has 36 heavy (non-hydrogen) atoms. The molecular formula is C28H25N7S. The molecule has 178 valence electrons.